The maximum absolute atomic E-state index is 4.04. The van der Waals surface area contributed by atoms with E-state index < -0.39 is 0 Å². The number of alkyl halides is 1. The molecular weight excluding hydrogens is 190 g/mol. The summed E-state index contributed by atoms with van der Waals surface area (Å²) in [4.78, 5) is 4.44. The van der Waals surface area contributed by atoms with Gasteiger partial charge in [-0.3, -0.25) is 4.98 Å². The van der Waals surface area contributed by atoms with E-state index in [4.69, 9.17) is 0 Å². The second-order valence-corrected chi connectivity index (χ2v) is 3.72. The summed E-state index contributed by atoms with van der Waals surface area (Å²) < 4.78 is 0. The quantitative estimate of drug-likeness (QED) is 0.635. The van der Waals surface area contributed by atoms with Gasteiger partial charge in [-0.1, -0.05) is 15.9 Å². The van der Waals surface area contributed by atoms with E-state index in [0.29, 0.717) is 4.83 Å². The van der Waals surface area contributed by atoms with E-state index in [1.807, 2.05) is 18.5 Å². The molecule has 0 saturated carbocycles. The molecule has 0 aliphatic heterocycles. The molecule has 0 amide bonds. The number of aryl methyl sites for hydroxylation is 1. The minimum atomic E-state index is 0.404. The van der Waals surface area contributed by atoms with Crippen LogP contribution in [0.3, 0.4) is 0 Å². The molecule has 1 atom stereocenters. The highest BCUT2D eigenvalue weighted by atomic mass is 79.9. The normalized spacial score (nSPS) is 13.1. The van der Waals surface area contributed by atoms with Gasteiger partial charge < -0.3 is 0 Å². The van der Waals surface area contributed by atoms with E-state index in [1.54, 1.807) is 0 Å². The fourth-order valence-corrected chi connectivity index (χ4v) is 1.37. The van der Waals surface area contributed by atoms with Gasteiger partial charge in [-0.05, 0) is 31.0 Å². The predicted molar refractivity (Wildman–Crippen MR) is 46.3 cm³/mol. The molecule has 1 aromatic heterocycles. The Morgan fingerprint density at radius 1 is 1.60 bits per heavy atom. The van der Waals surface area contributed by atoms with E-state index in [1.165, 1.54) is 11.1 Å². The Hall–Kier alpha value is -0.370. The number of pyridine rings is 1. The third-order valence-corrected chi connectivity index (χ3v) is 2.00. The molecule has 1 rings (SSSR count). The molecule has 10 heavy (non-hydrogen) atoms. The van der Waals surface area contributed by atoms with Crippen molar-refractivity contribution in [2.24, 2.45) is 0 Å². The van der Waals surface area contributed by atoms with Crippen LogP contribution in [0.4, 0.5) is 0 Å². The molecule has 0 fully saturated rings. The average molecular weight is 200 g/mol. The molecule has 1 aromatic rings. The third kappa shape index (κ3) is 1.57. The topological polar surface area (TPSA) is 12.9 Å². The number of hydrogen-bond donors (Lipinski definition) is 0. The van der Waals surface area contributed by atoms with Crippen molar-refractivity contribution >= 4 is 15.9 Å². The van der Waals surface area contributed by atoms with Crippen LogP contribution in [0, 0.1) is 6.92 Å². The van der Waals surface area contributed by atoms with Gasteiger partial charge in [0.05, 0.1) is 0 Å². The van der Waals surface area contributed by atoms with Crippen LogP contribution in [0.5, 0.6) is 0 Å². The largest absolute Gasteiger partial charge is 0.264 e. The highest BCUT2D eigenvalue weighted by Crippen LogP contribution is 2.23. The van der Waals surface area contributed by atoms with Crippen molar-refractivity contribution in [2.45, 2.75) is 18.7 Å². The first-order valence-electron chi connectivity index (χ1n) is 3.26. The molecular formula is C8H10BrN. The molecule has 1 nitrogen and oxygen atoms in total. The van der Waals surface area contributed by atoms with Gasteiger partial charge in [-0.15, -0.1) is 0 Å². The molecule has 0 radical (unpaired) electrons. The van der Waals surface area contributed by atoms with Crippen LogP contribution in [-0.2, 0) is 0 Å². The first-order chi connectivity index (χ1) is 4.72. The third-order valence-electron chi connectivity index (χ3n) is 1.51. The number of rotatable bonds is 1. The summed E-state index contributed by atoms with van der Waals surface area (Å²) in [6.07, 6.45) is 3.71. The van der Waals surface area contributed by atoms with Crippen molar-refractivity contribution in [1.29, 1.82) is 0 Å². The maximum atomic E-state index is 4.04. The van der Waals surface area contributed by atoms with Gasteiger partial charge in [0.2, 0.25) is 0 Å². The van der Waals surface area contributed by atoms with Crippen molar-refractivity contribution in [3.63, 3.8) is 0 Å². The molecule has 1 heterocycles. The zero-order valence-corrected chi connectivity index (χ0v) is 7.72. The Labute approximate surface area is 69.6 Å². The first kappa shape index (κ1) is 7.73. The minimum absolute atomic E-state index is 0.404. The fourth-order valence-electron chi connectivity index (χ4n) is 0.893. The zero-order chi connectivity index (χ0) is 7.56. The molecule has 0 aromatic carbocycles. The zero-order valence-electron chi connectivity index (χ0n) is 6.13. The van der Waals surface area contributed by atoms with Crippen molar-refractivity contribution in [2.75, 3.05) is 0 Å². The van der Waals surface area contributed by atoms with Gasteiger partial charge in [-0.2, -0.15) is 0 Å². The van der Waals surface area contributed by atoms with Crippen LogP contribution >= 0.6 is 15.9 Å². The van der Waals surface area contributed by atoms with Crippen molar-refractivity contribution in [3.05, 3.63) is 29.6 Å². The average Bonchev–Trinajstić information content (AvgIpc) is 1.88. The first-order valence-corrected chi connectivity index (χ1v) is 4.18. The molecule has 54 valence electrons. The van der Waals surface area contributed by atoms with Crippen molar-refractivity contribution in [3.8, 4) is 0 Å². The SMILES string of the molecule is Cc1ccncc1[C@H](C)Br. The van der Waals surface area contributed by atoms with Gasteiger partial charge in [0, 0.05) is 17.2 Å². The summed E-state index contributed by atoms with van der Waals surface area (Å²) >= 11 is 3.49. The van der Waals surface area contributed by atoms with Gasteiger partial charge in [0.15, 0.2) is 0 Å². The molecule has 0 unspecified atom stereocenters. The van der Waals surface area contributed by atoms with E-state index in [2.05, 4.69) is 34.8 Å². The van der Waals surface area contributed by atoms with Crippen molar-refractivity contribution in [1.82, 2.24) is 4.98 Å². The molecule has 0 aliphatic rings. The Bertz CT molecular complexity index is 220. The molecule has 0 bridgehead atoms. The lowest BCUT2D eigenvalue weighted by molar-refractivity contribution is 1.06. The van der Waals surface area contributed by atoms with Gasteiger partial charge in [0.1, 0.15) is 0 Å². The Morgan fingerprint density at radius 3 is 2.70 bits per heavy atom. The second-order valence-electron chi connectivity index (χ2n) is 2.35. The van der Waals surface area contributed by atoms with E-state index in [0.717, 1.165) is 0 Å². The Morgan fingerprint density at radius 2 is 2.30 bits per heavy atom. The Kier molecular flexibility index (Phi) is 2.44. The van der Waals surface area contributed by atoms with Gasteiger partial charge >= 0.3 is 0 Å². The highest BCUT2D eigenvalue weighted by Gasteiger charge is 2.02. The number of halogens is 1. The smallest absolute Gasteiger partial charge is 0.0385 e. The Balaban J connectivity index is 3.03. The minimum Gasteiger partial charge on any atom is -0.264 e. The summed E-state index contributed by atoms with van der Waals surface area (Å²) in [5.41, 5.74) is 2.56. The molecule has 0 N–H and O–H groups in total. The predicted octanol–water partition coefficient (Wildman–Crippen LogP) is 2.85. The van der Waals surface area contributed by atoms with Gasteiger partial charge in [0.25, 0.3) is 0 Å². The van der Waals surface area contributed by atoms with Crippen LogP contribution in [0.25, 0.3) is 0 Å². The van der Waals surface area contributed by atoms with E-state index >= 15 is 0 Å². The van der Waals surface area contributed by atoms with Crippen LogP contribution in [0.2, 0.25) is 0 Å². The monoisotopic (exact) mass is 199 g/mol. The molecule has 0 saturated heterocycles. The summed E-state index contributed by atoms with van der Waals surface area (Å²) in [6, 6.07) is 2.02. The number of hydrogen-bond acceptors (Lipinski definition) is 1. The lowest BCUT2D eigenvalue weighted by atomic mass is 10.1. The standard InChI is InChI=1S/C8H10BrN/c1-6-3-4-10-5-8(6)7(2)9/h3-5,7H,1-2H3/t7-/m0/s1. The van der Waals surface area contributed by atoms with E-state index in [9.17, 15) is 0 Å². The van der Waals surface area contributed by atoms with E-state index in [-0.39, 0.29) is 0 Å². The summed E-state index contributed by atoms with van der Waals surface area (Å²) in [5.74, 6) is 0. The lowest BCUT2D eigenvalue weighted by Crippen LogP contribution is -1.88. The maximum Gasteiger partial charge on any atom is 0.0385 e. The number of aromatic nitrogens is 1. The summed E-state index contributed by atoms with van der Waals surface area (Å²) in [7, 11) is 0. The second kappa shape index (κ2) is 3.15. The van der Waals surface area contributed by atoms with Crippen LogP contribution < -0.4 is 0 Å². The van der Waals surface area contributed by atoms with Gasteiger partial charge in [-0.25, -0.2) is 0 Å². The molecule has 0 aliphatic carbocycles. The lowest BCUT2D eigenvalue weighted by Gasteiger charge is -2.04. The van der Waals surface area contributed by atoms with Crippen LogP contribution in [-0.4, -0.2) is 4.98 Å². The van der Waals surface area contributed by atoms with Crippen LogP contribution in [0.15, 0.2) is 18.5 Å². The molecule has 2 heteroatoms. The fraction of sp³-hybridized carbons (Fsp3) is 0.375. The summed E-state index contributed by atoms with van der Waals surface area (Å²) in [6.45, 7) is 4.19. The van der Waals surface area contributed by atoms with Crippen LogP contribution in [0.1, 0.15) is 22.9 Å². The molecule has 0 spiro atoms. The van der Waals surface area contributed by atoms with Crippen molar-refractivity contribution < 1.29 is 0 Å². The highest BCUT2D eigenvalue weighted by molar-refractivity contribution is 9.09. The number of nitrogens with zero attached hydrogens (tertiary/aromatic N) is 1. The summed E-state index contributed by atoms with van der Waals surface area (Å²) in [5, 5.41) is 0.